The normalized spacial score (nSPS) is 10.5. The molecule has 0 unspecified atom stereocenters. The van der Waals surface area contributed by atoms with Crippen molar-refractivity contribution in [1.29, 1.82) is 0 Å². The highest BCUT2D eigenvalue weighted by molar-refractivity contribution is 9.10. The van der Waals surface area contributed by atoms with Gasteiger partial charge in [0.05, 0.1) is 11.1 Å². The van der Waals surface area contributed by atoms with Gasteiger partial charge in [0, 0.05) is 11.3 Å². The Morgan fingerprint density at radius 2 is 2.09 bits per heavy atom. The van der Waals surface area contributed by atoms with Gasteiger partial charge in [-0.25, -0.2) is 0 Å². The number of ether oxygens (including phenoxy) is 1. The van der Waals surface area contributed by atoms with Crippen molar-refractivity contribution in [3.05, 3.63) is 52.5 Å². The van der Waals surface area contributed by atoms with E-state index in [0.29, 0.717) is 21.9 Å². The Hall–Kier alpha value is -2.12. The zero-order valence-corrected chi connectivity index (χ0v) is 14.9. The average molecular weight is 395 g/mol. The highest BCUT2D eigenvalue weighted by Gasteiger charge is 2.09. The molecule has 2 aromatic rings. The summed E-state index contributed by atoms with van der Waals surface area (Å²) in [5.74, 6) is 0.498. The Labute approximate surface area is 148 Å². The van der Waals surface area contributed by atoms with Gasteiger partial charge in [0.1, 0.15) is 0 Å². The number of hydrazine groups is 1. The summed E-state index contributed by atoms with van der Waals surface area (Å²) < 4.78 is 5.94. The third kappa shape index (κ3) is 5.22. The van der Waals surface area contributed by atoms with Crippen molar-refractivity contribution >= 4 is 45.2 Å². The lowest BCUT2D eigenvalue weighted by Gasteiger charge is -2.07. The number of thiocarbonyl (C=S) groups is 1. The fourth-order valence-corrected chi connectivity index (χ4v) is 2.45. The maximum absolute atomic E-state index is 9.88. The SMILES string of the molecule is CCOc1cc(/C=[NH+]/NC(=S)Nc2ccccc2)cc(Br)c1O. The van der Waals surface area contributed by atoms with Crippen molar-refractivity contribution in [2.24, 2.45) is 0 Å². The molecular formula is C16H17BrN3O2S+. The molecular weight excluding hydrogens is 378 g/mol. The molecule has 0 aliphatic heterocycles. The number of anilines is 1. The van der Waals surface area contributed by atoms with Crippen LogP contribution in [0.25, 0.3) is 0 Å². The summed E-state index contributed by atoms with van der Waals surface area (Å²) in [6.45, 7) is 2.33. The summed E-state index contributed by atoms with van der Waals surface area (Å²) in [7, 11) is 0. The Morgan fingerprint density at radius 1 is 1.35 bits per heavy atom. The molecule has 120 valence electrons. The molecule has 23 heavy (non-hydrogen) atoms. The van der Waals surface area contributed by atoms with E-state index in [1.54, 1.807) is 18.3 Å². The number of para-hydroxylation sites is 1. The van der Waals surface area contributed by atoms with Gasteiger partial charge in [0.25, 0.3) is 0 Å². The molecule has 7 heteroatoms. The van der Waals surface area contributed by atoms with Crippen LogP contribution in [0, 0.1) is 0 Å². The van der Waals surface area contributed by atoms with Gasteiger partial charge in [0.2, 0.25) is 5.11 Å². The minimum absolute atomic E-state index is 0.0817. The van der Waals surface area contributed by atoms with Crippen LogP contribution in [0.15, 0.2) is 46.9 Å². The lowest BCUT2D eigenvalue weighted by Crippen LogP contribution is -2.82. The predicted molar refractivity (Wildman–Crippen MR) is 98.9 cm³/mol. The Balaban J connectivity index is 1.99. The maximum Gasteiger partial charge on any atom is 0.228 e. The summed E-state index contributed by atoms with van der Waals surface area (Å²) in [5, 5.41) is 16.3. The van der Waals surface area contributed by atoms with Gasteiger partial charge in [-0.15, -0.1) is 10.5 Å². The molecule has 0 saturated carbocycles. The van der Waals surface area contributed by atoms with Crippen LogP contribution >= 0.6 is 28.1 Å². The van der Waals surface area contributed by atoms with Crippen LogP contribution in [0.2, 0.25) is 0 Å². The average Bonchev–Trinajstić information content (AvgIpc) is 2.53. The van der Waals surface area contributed by atoms with E-state index in [1.807, 2.05) is 37.3 Å². The van der Waals surface area contributed by atoms with Crippen molar-refractivity contribution in [1.82, 2.24) is 5.43 Å². The Bertz CT molecular complexity index is 708. The highest BCUT2D eigenvalue weighted by Crippen LogP contribution is 2.34. The van der Waals surface area contributed by atoms with E-state index in [2.05, 4.69) is 31.8 Å². The van der Waals surface area contributed by atoms with Crippen molar-refractivity contribution in [2.45, 2.75) is 6.92 Å². The van der Waals surface area contributed by atoms with Gasteiger partial charge in [-0.3, -0.25) is 0 Å². The maximum atomic E-state index is 9.88. The molecule has 4 N–H and O–H groups in total. The van der Waals surface area contributed by atoms with E-state index in [0.717, 1.165) is 11.3 Å². The number of benzene rings is 2. The Morgan fingerprint density at radius 3 is 2.78 bits per heavy atom. The van der Waals surface area contributed by atoms with E-state index in [1.165, 1.54) is 0 Å². The van der Waals surface area contributed by atoms with Gasteiger partial charge < -0.3 is 15.2 Å². The molecule has 0 atom stereocenters. The first-order chi connectivity index (χ1) is 11.1. The first-order valence-corrected chi connectivity index (χ1v) is 8.16. The van der Waals surface area contributed by atoms with E-state index in [4.69, 9.17) is 17.0 Å². The third-order valence-electron chi connectivity index (χ3n) is 2.81. The van der Waals surface area contributed by atoms with E-state index < -0.39 is 0 Å². The summed E-state index contributed by atoms with van der Waals surface area (Å²) >= 11 is 8.48. The van der Waals surface area contributed by atoms with Crippen LogP contribution < -0.4 is 20.6 Å². The van der Waals surface area contributed by atoms with Crippen LogP contribution in [-0.2, 0) is 0 Å². The highest BCUT2D eigenvalue weighted by atomic mass is 79.9. The van der Waals surface area contributed by atoms with Gasteiger partial charge in [-0.2, -0.15) is 0 Å². The largest absolute Gasteiger partial charge is 0.503 e. The second kappa shape index (κ2) is 8.50. The van der Waals surface area contributed by atoms with Crippen molar-refractivity contribution in [3.8, 4) is 11.5 Å². The van der Waals surface area contributed by atoms with Crippen LogP contribution in [-0.4, -0.2) is 23.0 Å². The van der Waals surface area contributed by atoms with Crippen molar-refractivity contribution in [3.63, 3.8) is 0 Å². The number of aromatic hydroxyl groups is 1. The summed E-state index contributed by atoms with van der Waals surface area (Å²) in [6.07, 6.45) is 1.71. The van der Waals surface area contributed by atoms with Crippen LogP contribution in [0.4, 0.5) is 5.69 Å². The number of rotatable bonds is 5. The zero-order chi connectivity index (χ0) is 16.7. The molecule has 0 bridgehead atoms. The van der Waals surface area contributed by atoms with Crippen molar-refractivity contribution < 1.29 is 14.9 Å². The summed E-state index contributed by atoms with van der Waals surface area (Å²) in [5.41, 5.74) is 4.58. The van der Waals surface area contributed by atoms with E-state index in [-0.39, 0.29) is 5.75 Å². The monoisotopic (exact) mass is 394 g/mol. The summed E-state index contributed by atoms with van der Waals surface area (Å²) in [6, 6.07) is 13.1. The molecule has 2 aromatic carbocycles. The van der Waals surface area contributed by atoms with Gasteiger partial charge >= 0.3 is 0 Å². The lowest BCUT2D eigenvalue weighted by atomic mass is 10.2. The number of halogens is 1. The van der Waals surface area contributed by atoms with Crippen molar-refractivity contribution in [2.75, 3.05) is 11.9 Å². The van der Waals surface area contributed by atoms with E-state index >= 15 is 0 Å². The molecule has 0 aliphatic carbocycles. The molecule has 0 aromatic heterocycles. The van der Waals surface area contributed by atoms with E-state index in [9.17, 15) is 5.11 Å². The predicted octanol–water partition coefficient (Wildman–Crippen LogP) is 1.95. The minimum Gasteiger partial charge on any atom is -0.503 e. The quantitative estimate of drug-likeness (QED) is 0.354. The van der Waals surface area contributed by atoms with Gasteiger partial charge in [0.15, 0.2) is 17.7 Å². The molecule has 2 rings (SSSR count). The second-order valence-corrected chi connectivity index (χ2v) is 5.78. The molecule has 0 amide bonds. The minimum atomic E-state index is 0.0817. The van der Waals surface area contributed by atoms with Crippen LogP contribution in [0.1, 0.15) is 12.5 Å². The van der Waals surface area contributed by atoms with Gasteiger partial charge in [-0.1, -0.05) is 18.2 Å². The number of phenolic OH excluding ortho intramolecular Hbond substituents is 1. The molecule has 0 radical (unpaired) electrons. The number of hydrazone groups is 1. The molecule has 0 spiro atoms. The fourth-order valence-electron chi connectivity index (χ4n) is 1.81. The number of nitrogens with one attached hydrogen (secondary N) is 3. The smallest absolute Gasteiger partial charge is 0.228 e. The first-order valence-electron chi connectivity index (χ1n) is 6.96. The fraction of sp³-hybridized carbons (Fsp3) is 0.125. The molecule has 5 nitrogen and oxygen atoms in total. The van der Waals surface area contributed by atoms with Crippen LogP contribution in [0.5, 0.6) is 11.5 Å². The number of hydrogen-bond acceptors (Lipinski definition) is 3. The first kappa shape index (κ1) is 17.2. The lowest BCUT2D eigenvalue weighted by molar-refractivity contribution is -0.499. The van der Waals surface area contributed by atoms with Crippen LogP contribution in [0.3, 0.4) is 0 Å². The standard InChI is InChI=1S/C16H16BrN3O2S/c1-2-22-14-9-11(8-13(17)15(14)21)10-18-20-16(23)19-12-6-4-3-5-7-12/h3-10,21H,2H2,1H3,(H2,19,20,23)/p+1/b18-10+. The van der Waals surface area contributed by atoms with Gasteiger partial charge in [-0.05, 0) is 59.3 Å². The molecule has 0 saturated heterocycles. The third-order valence-corrected chi connectivity index (χ3v) is 3.62. The Kier molecular flexibility index (Phi) is 6.37. The molecule has 0 fully saturated rings. The number of hydrogen-bond donors (Lipinski definition) is 4. The zero-order valence-electron chi connectivity index (χ0n) is 12.5. The molecule has 0 aliphatic rings. The number of phenols is 1. The topological polar surface area (TPSA) is 67.5 Å². The summed E-state index contributed by atoms with van der Waals surface area (Å²) in [4.78, 5) is 0. The second-order valence-electron chi connectivity index (χ2n) is 4.52. The molecule has 0 heterocycles.